The highest BCUT2D eigenvalue weighted by Crippen LogP contribution is 2.39. The van der Waals surface area contributed by atoms with Crippen LogP contribution in [0.1, 0.15) is 23.5 Å². The van der Waals surface area contributed by atoms with Gasteiger partial charge in [-0.15, -0.1) is 0 Å². The summed E-state index contributed by atoms with van der Waals surface area (Å²) >= 11 is 0. The number of hydrogen-bond acceptors (Lipinski definition) is 7. The van der Waals surface area contributed by atoms with Crippen LogP contribution in [0.5, 0.6) is 5.88 Å². The molecule has 10 heteroatoms. The van der Waals surface area contributed by atoms with Crippen LogP contribution < -0.4 is 10.5 Å². The van der Waals surface area contributed by atoms with Crippen molar-refractivity contribution in [2.45, 2.75) is 20.0 Å². The molecule has 0 aliphatic carbocycles. The van der Waals surface area contributed by atoms with Gasteiger partial charge in [-0.25, -0.2) is 18.2 Å². The lowest BCUT2D eigenvalue weighted by Gasteiger charge is -2.16. The van der Waals surface area contributed by atoms with Gasteiger partial charge in [-0.05, 0) is 48.9 Å². The number of nitrogens with two attached hydrogens (primary N) is 1. The molecule has 0 saturated carbocycles. The van der Waals surface area contributed by atoms with Crippen molar-refractivity contribution in [3.05, 3.63) is 77.9 Å². The van der Waals surface area contributed by atoms with E-state index in [-0.39, 0.29) is 18.4 Å². The van der Waals surface area contributed by atoms with E-state index in [1.807, 2.05) is 0 Å². The van der Waals surface area contributed by atoms with Gasteiger partial charge in [0.15, 0.2) is 0 Å². The molecule has 0 amide bonds. The fraction of sp³-hybridized carbons (Fsp3) is 0.136. The average Bonchev–Trinajstić information content (AvgIpc) is 2.78. The van der Waals surface area contributed by atoms with Crippen molar-refractivity contribution in [1.29, 1.82) is 0 Å². The lowest BCUT2D eigenvalue weighted by atomic mass is 9.99. The summed E-state index contributed by atoms with van der Waals surface area (Å²) in [7, 11) is 0. The van der Waals surface area contributed by atoms with Gasteiger partial charge in [-0.3, -0.25) is 15.0 Å². The van der Waals surface area contributed by atoms with Gasteiger partial charge < -0.3 is 10.5 Å². The van der Waals surface area contributed by atoms with E-state index in [1.54, 1.807) is 13.0 Å². The maximum atomic E-state index is 13.5. The van der Waals surface area contributed by atoms with E-state index in [1.165, 1.54) is 48.9 Å². The molecule has 2 N–H and O–H groups in total. The van der Waals surface area contributed by atoms with E-state index in [2.05, 4.69) is 24.9 Å². The molecule has 7 nitrogen and oxygen atoms in total. The zero-order valence-corrected chi connectivity index (χ0v) is 16.8. The van der Waals surface area contributed by atoms with Gasteiger partial charge in [-0.1, -0.05) is 0 Å². The van der Waals surface area contributed by atoms with Crippen molar-refractivity contribution in [3.8, 4) is 28.3 Å². The van der Waals surface area contributed by atoms with Crippen LogP contribution >= 0.6 is 0 Å². The van der Waals surface area contributed by atoms with Crippen molar-refractivity contribution in [2.75, 3.05) is 5.73 Å². The SMILES string of the molecule is Cc1cc(-c2c(OCc3cnccn3)nc(N)nc2-c2ccc(F)cc2)cc(C(F)F)n1. The molecule has 1 aromatic carbocycles. The minimum Gasteiger partial charge on any atom is -0.471 e. The largest absolute Gasteiger partial charge is 0.471 e. The third-order valence-corrected chi connectivity index (χ3v) is 4.47. The van der Waals surface area contributed by atoms with Crippen molar-refractivity contribution in [3.63, 3.8) is 0 Å². The van der Waals surface area contributed by atoms with Gasteiger partial charge in [0, 0.05) is 23.7 Å². The third kappa shape index (κ3) is 4.64. The molecule has 162 valence electrons. The van der Waals surface area contributed by atoms with E-state index < -0.39 is 17.9 Å². The minimum absolute atomic E-state index is 0.00587. The van der Waals surface area contributed by atoms with Crippen LogP contribution in [0, 0.1) is 12.7 Å². The van der Waals surface area contributed by atoms with Crippen molar-refractivity contribution in [2.24, 2.45) is 0 Å². The summed E-state index contributed by atoms with van der Waals surface area (Å²) in [6, 6.07) is 8.40. The first-order valence-corrected chi connectivity index (χ1v) is 9.49. The third-order valence-electron chi connectivity index (χ3n) is 4.47. The maximum Gasteiger partial charge on any atom is 0.280 e. The monoisotopic (exact) mass is 438 g/mol. The van der Waals surface area contributed by atoms with Gasteiger partial charge in [0.1, 0.15) is 18.1 Å². The van der Waals surface area contributed by atoms with Crippen molar-refractivity contribution in [1.82, 2.24) is 24.9 Å². The smallest absolute Gasteiger partial charge is 0.280 e. The molecule has 32 heavy (non-hydrogen) atoms. The van der Waals surface area contributed by atoms with Crippen LogP contribution in [-0.2, 0) is 6.61 Å². The molecule has 0 bridgehead atoms. The number of hydrogen-bond donors (Lipinski definition) is 1. The second-order valence-electron chi connectivity index (χ2n) is 6.83. The summed E-state index contributed by atoms with van der Waals surface area (Å²) < 4.78 is 46.3. The molecular weight excluding hydrogens is 421 g/mol. The molecule has 0 aliphatic rings. The Morgan fingerprint density at radius 3 is 2.47 bits per heavy atom. The van der Waals surface area contributed by atoms with Gasteiger partial charge in [0.25, 0.3) is 6.43 Å². The number of aryl methyl sites for hydroxylation is 1. The van der Waals surface area contributed by atoms with E-state index in [9.17, 15) is 13.2 Å². The second kappa shape index (κ2) is 8.96. The average molecular weight is 438 g/mol. The maximum absolute atomic E-state index is 13.5. The number of rotatable bonds is 6. The molecule has 0 saturated heterocycles. The highest BCUT2D eigenvalue weighted by atomic mass is 19.3. The molecule has 0 spiro atoms. The normalized spacial score (nSPS) is 11.0. The second-order valence-corrected chi connectivity index (χ2v) is 6.83. The number of ether oxygens (including phenoxy) is 1. The van der Waals surface area contributed by atoms with Crippen LogP contribution in [0.25, 0.3) is 22.4 Å². The fourth-order valence-electron chi connectivity index (χ4n) is 3.14. The number of aromatic nitrogens is 5. The molecule has 4 aromatic rings. The lowest BCUT2D eigenvalue weighted by molar-refractivity contribution is 0.146. The Morgan fingerprint density at radius 2 is 1.78 bits per heavy atom. The predicted molar refractivity (Wildman–Crippen MR) is 111 cm³/mol. The van der Waals surface area contributed by atoms with Gasteiger partial charge in [-0.2, -0.15) is 4.98 Å². The molecule has 3 aromatic heterocycles. The van der Waals surface area contributed by atoms with Crippen molar-refractivity contribution >= 4 is 5.95 Å². The fourth-order valence-corrected chi connectivity index (χ4v) is 3.14. The Balaban J connectivity index is 1.90. The first-order chi connectivity index (χ1) is 15.4. The number of nitrogen functional groups attached to an aromatic ring is 1. The van der Waals surface area contributed by atoms with E-state index in [4.69, 9.17) is 10.5 Å². The zero-order valence-electron chi connectivity index (χ0n) is 16.8. The standard InChI is InChI=1S/C22H17F3N6O/c1-12-8-14(9-17(29-12)20(24)25)18-19(13-2-4-15(23)5-3-13)30-22(26)31-21(18)32-11-16-10-27-6-7-28-16/h2-10,20H,11H2,1H3,(H2,26,30,31). The summed E-state index contributed by atoms with van der Waals surface area (Å²) in [5.74, 6) is -0.466. The number of alkyl halides is 2. The summed E-state index contributed by atoms with van der Waals surface area (Å²) in [4.78, 5) is 20.5. The summed E-state index contributed by atoms with van der Waals surface area (Å²) in [6.07, 6.45) is 1.78. The Labute approximate surface area is 181 Å². The Morgan fingerprint density at radius 1 is 1.00 bits per heavy atom. The summed E-state index contributed by atoms with van der Waals surface area (Å²) in [5.41, 5.74) is 7.91. The van der Waals surface area contributed by atoms with Gasteiger partial charge in [0.2, 0.25) is 11.8 Å². The van der Waals surface area contributed by atoms with Gasteiger partial charge >= 0.3 is 0 Å². The molecular formula is C22H17F3N6O. The number of nitrogens with zero attached hydrogens (tertiary/aromatic N) is 5. The number of anilines is 1. The molecule has 0 radical (unpaired) electrons. The number of benzene rings is 1. The topological polar surface area (TPSA) is 99.7 Å². The molecule has 0 fully saturated rings. The predicted octanol–water partition coefficient (Wildman–Crippen LogP) is 4.54. The van der Waals surface area contributed by atoms with Crippen LogP contribution in [0.2, 0.25) is 0 Å². The van der Waals surface area contributed by atoms with E-state index in [0.29, 0.717) is 33.8 Å². The number of pyridine rings is 1. The lowest BCUT2D eigenvalue weighted by Crippen LogP contribution is -2.07. The Bertz CT molecular complexity index is 1240. The van der Waals surface area contributed by atoms with Crippen molar-refractivity contribution < 1.29 is 17.9 Å². The van der Waals surface area contributed by atoms with E-state index >= 15 is 0 Å². The molecule has 0 aliphatic heterocycles. The Kier molecular flexibility index (Phi) is 5.93. The van der Waals surface area contributed by atoms with Crippen LogP contribution in [0.15, 0.2) is 55.0 Å². The molecule has 3 heterocycles. The first-order valence-electron chi connectivity index (χ1n) is 9.49. The van der Waals surface area contributed by atoms with Crippen LogP contribution in [0.4, 0.5) is 19.1 Å². The number of halogens is 3. The molecule has 4 rings (SSSR count). The highest BCUT2D eigenvalue weighted by molar-refractivity contribution is 5.85. The zero-order chi connectivity index (χ0) is 22.7. The van der Waals surface area contributed by atoms with Crippen LogP contribution in [-0.4, -0.2) is 24.9 Å². The Hall–Kier alpha value is -4.08. The summed E-state index contributed by atoms with van der Waals surface area (Å²) in [5, 5.41) is 0. The van der Waals surface area contributed by atoms with Crippen LogP contribution in [0.3, 0.4) is 0 Å². The quantitative estimate of drug-likeness (QED) is 0.472. The first kappa shape index (κ1) is 21.2. The minimum atomic E-state index is -2.78. The molecule has 0 unspecified atom stereocenters. The summed E-state index contributed by atoms with van der Waals surface area (Å²) in [6.45, 7) is 1.61. The highest BCUT2D eigenvalue weighted by Gasteiger charge is 2.21. The molecule has 0 atom stereocenters. The van der Waals surface area contributed by atoms with E-state index in [0.717, 1.165) is 0 Å². The van der Waals surface area contributed by atoms with Gasteiger partial charge in [0.05, 0.1) is 23.1 Å².